The molecule has 1 aromatic carbocycles. The van der Waals surface area contributed by atoms with Gasteiger partial charge < -0.3 is 5.32 Å². The third-order valence-electron chi connectivity index (χ3n) is 5.38. The van der Waals surface area contributed by atoms with E-state index in [9.17, 15) is 4.79 Å². The molecule has 0 fully saturated rings. The van der Waals surface area contributed by atoms with Gasteiger partial charge in [-0.1, -0.05) is 34.1 Å². The average molecular weight is 521 g/mol. The van der Waals surface area contributed by atoms with Gasteiger partial charge in [0.05, 0.1) is 17.6 Å². The van der Waals surface area contributed by atoms with E-state index in [1.165, 1.54) is 0 Å². The van der Waals surface area contributed by atoms with Crippen molar-refractivity contribution in [1.82, 2.24) is 24.5 Å². The molecule has 4 aromatic heterocycles. The van der Waals surface area contributed by atoms with Crippen LogP contribution in [0.3, 0.4) is 0 Å². The van der Waals surface area contributed by atoms with Gasteiger partial charge in [-0.05, 0) is 49.1 Å². The number of pyridine rings is 1. The number of aromatic nitrogens is 5. The van der Waals surface area contributed by atoms with Crippen molar-refractivity contribution >= 4 is 50.0 Å². The van der Waals surface area contributed by atoms with Gasteiger partial charge >= 0.3 is 0 Å². The second-order valence-corrected chi connectivity index (χ2v) is 9.64. The number of carbonyl (C=O) groups excluding carboxylic acids is 1. The summed E-state index contributed by atoms with van der Waals surface area (Å²) in [6.45, 7) is 4.61. The van der Waals surface area contributed by atoms with Crippen molar-refractivity contribution in [2.75, 3.05) is 5.32 Å². The number of rotatable bonds is 6. The second-order valence-electron chi connectivity index (χ2n) is 7.78. The summed E-state index contributed by atoms with van der Waals surface area (Å²) in [6.07, 6.45) is 1.76. The summed E-state index contributed by atoms with van der Waals surface area (Å²) in [5.74, 6) is 0.325. The highest BCUT2D eigenvalue weighted by Crippen LogP contribution is 2.32. The molecule has 5 rings (SSSR count). The zero-order valence-electron chi connectivity index (χ0n) is 18.1. The molecular formula is C24H21BrN6OS. The standard InChI is InChI=1S/C24H21BrN6OS/c1-15-12-21(29-30(15)13-17-5-7-18(25)8-6-17)27-22(32)14-31-24-23(16(2)28-31)19(9-10-26-24)20-4-3-11-33-20/h3-12H,13-14H2,1-2H3,(H,27,29,32). The van der Waals surface area contributed by atoms with E-state index in [4.69, 9.17) is 0 Å². The number of thiophene rings is 1. The molecule has 0 atom stereocenters. The Labute approximate surface area is 203 Å². The first-order valence-corrected chi connectivity index (χ1v) is 12.1. The fourth-order valence-corrected chi connectivity index (χ4v) is 4.86. The molecule has 166 valence electrons. The maximum absolute atomic E-state index is 12.8. The van der Waals surface area contributed by atoms with Gasteiger partial charge in [0.15, 0.2) is 11.5 Å². The van der Waals surface area contributed by atoms with Gasteiger partial charge in [-0.3, -0.25) is 9.48 Å². The Morgan fingerprint density at radius 1 is 1.09 bits per heavy atom. The number of halogens is 1. The smallest absolute Gasteiger partial charge is 0.247 e. The minimum atomic E-state index is -0.198. The maximum atomic E-state index is 12.8. The maximum Gasteiger partial charge on any atom is 0.247 e. The first kappa shape index (κ1) is 21.5. The van der Waals surface area contributed by atoms with Crippen LogP contribution < -0.4 is 5.32 Å². The van der Waals surface area contributed by atoms with E-state index in [0.29, 0.717) is 18.0 Å². The van der Waals surface area contributed by atoms with Crippen LogP contribution in [0, 0.1) is 13.8 Å². The largest absolute Gasteiger partial charge is 0.308 e. The molecule has 1 amide bonds. The number of hydrogen-bond donors (Lipinski definition) is 1. The number of benzene rings is 1. The van der Waals surface area contributed by atoms with Crippen LogP contribution in [0.1, 0.15) is 17.0 Å². The Hall–Kier alpha value is -3.30. The molecule has 1 N–H and O–H groups in total. The van der Waals surface area contributed by atoms with Crippen LogP contribution in [0.25, 0.3) is 21.5 Å². The van der Waals surface area contributed by atoms with Crippen LogP contribution in [0.15, 0.2) is 64.6 Å². The van der Waals surface area contributed by atoms with Crippen molar-refractivity contribution < 1.29 is 4.79 Å². The molecule has 4 heterocycles. The third-order valence-corrected chi connectivity index (χ3v) is 6.81. The quantitative estimate of drug-likeness (QED) is 0.324. The number of nitrogens with one attached hydrogen (secondary N) is 1. The van der Waals surface area contributed by atoms with E-state index in [2.05, 4.69) is 42.5 Å². The Morgan fingerprint density at radius 3 is 2.67 bits per heavy atom. The van der Waals surface area contributed by atoms with Crippen molar-refractivity contribution in [1.29, 1.82) is 0 Å². The zero-order chi connectivity index (χ0) is 22.9. The molecule has 0 aliphatic heterocycles. The summed E-state index contributed by atoms with van der Waals surface area (Å²) in [5, 5.41) is 15.1. The normalized spacial score (nSPS) is 11.2. The lowest BCUT2D eigenvalue weighted by Crippen LogP contribution is -2.20. The Kier molecular flexibility index (Phi) is 5.82. The predicted molar refractivity (Wildman–Crippen MR) is 134 cm³/mol. The van der Waals surface area contributed by atoms with Crippen molar-refractivity contribution in [3.05, 3.63) is 81.5 Å². The molecule has 0 spiro atoms. The fraction of sp³-hybridized carbons (Fsp3) is 0.167. The summed E-state index contributed by atoms with van der Waals surface area (Å²) in [7, 11) is 0. The molecule has 0 unspecified atom stereocenters. The van der Waals surface area contributed by atoms with Crippen molar-refractivity contribution in [2.45, 2.75) is 26.9 Å². The molecule has 0 aliphatic rings. The molecule has 0 radical (unpaired) electrons. The molecule has 0 saturated heterocycles. The van der Waals surface area contributed by atoms with E-state index >= 15 is 0 Å². The van der Waals surface area contributed by atoms with Gasteiger partial charge in [0.1, 0.15) is 6.54 Å². The Bertz CT molecular complexity index is 1440. The topological polar surface area (TPSA) is 77.6 Å². The lowest BCUT2D eigenvalue weighted by atomic mass is 10.1. The highest BCUT2D eigenvalue weighted by Gasteiger charge is 2.17. The lowest BCUT2D eigenvalue weighted by Gasteiger charge is -2.05. The minimum absolute atomic E-state index is 0.0594. The van der Waals surface area contributed by atoms with Gasteiger partial charge in [0, 0.05) is 32.9 Å². The van der Waals surface area contributed by atoms with Crippen molar-refractivity contribution in [2.24, 2.45) is 0 Å². The fourth-order valence-electron chi connectivity index (χ4n) is 3.84. The molecule has 9 heteroatoms. The monoisotopic (exact) mass is 520 g/mol. The van der Waals surface area contributed by atoms with Crippen LogP contribution in [-0.4, -0.2) is 30.5 Å². The van der Waals surface area contributed by atoms with Crippen LogP contribution in [0.5, 0.6) is 0 Å². The summed E-state index contributed by atoms with van der Waals surface area (Å²) < 4.78 is 4.57. The molecule has 0 saturated carbocycles. The first-order chi connectivity index (χ1) is 16.0. The van der Waals surface area contributed by atoms with Gasteiger partial charge in [-0.25, -0.2) is 9.67 Å². The lowest BCUT2D eigenvalue weighted by molar-refractivity contribution is -0.116. The highest BCUT2D eigenvalue weighted by molar-refractivity contribution is 9.10. The SMILES string of the molecule is Cc1nn(CC(=O)Nc2cc(C)n(Cc3ccc(Br)cc3)n2)c2nccc(-c3cccs3)c12. The number of nitrogens with zero attached hydrogens (tertiary/aromatic N) is 5. The number of amides is 1. The Morgan fingerprint density at radius 2 is 1.91 bits per heavy atom. The zero-order valence-corrected chi connectivity index (χ0v) is 20.5. The second kappa shape index (κ2) is 8.92. The summed E-state index contributed by atoms with van der Waals surface area (Å²) in [6, 6.07) is 16.1. The van der Waals surface area contributed by atoms with Crippen molar-refractivity contribution in [3.8, 4) is 10.4 Å². The van der Waals surface area contributed by atoms with Gasteiger partial charge in [0.25, 0.3) is 0 Å². The number of hydrogen-bond acceptors (Lipinski definition) is 5. The van der Waals surface area contributed by atoms with Crippen LogP contribution in [-0.2, 0) is 17.9 Å². The predicted octanol–water partition coefficient (Wildman–Crippen LogP) is 5.42. The number of aryl methyl sites for hydroxylation is 2. The van der Waals surface area contributed by atoms with E-state index in [0.717, 1.165) is 37.3 Å². The van der Waals surface area contributed by atoms with Crippen LogP contribution in [0.4, 0.5) is 5.82 Å². The van der Waals surface area contributed by atoms with E-state index in [-0.39, 0.29) is 12.5 Å². The third kappa shape index (κ3) is 4.46. The van der Waals surface area contributed by atoms with Crippen LogP contribution in [0.2, 0.25) is 0 Å². The average Bonchev–Trinajstić information content (AvgIpc) is 3.51. The summed E-state index contributed by atoms with van der Waals surface area (Å²) >= 11 is 5.13. The summed E-state index contributed by atoms with van der Waals surface area (Å²) in [5.41, 5.74) is 4.74. The first-order valence-electron chi connectivity index (χ1n) is 10.4. The van der Waals surface area contributed by atoms with Gasteiger partial charge in [-0.15, -0.1) is 11.3 Å². The molecular weight excluding hydrogens is 500 g/mol. The van der Waals surface area contributed by atoms with E-state index in [1.54, 1.807) is 22.2 Å². The molecule has 7 nitrogen and oxygen atoms in total. The summed E-state index contributed by atoms with van der Waals surface area (Å²) in [4.78, 5) is 18.5. The minimum Gasteiger partial charge on any atom is -0.308 e. The van der Waals surface area contributed by atoms with Crippen molar-refractivity contribution in [3.63, 3.8) is 0 Å². The molecule has 0 bridgehead atoms. The molecule has 33 heavy (non-hydrogen) atoms. The molecule has 0 aliphatic carbocycles. The number of carbonyl (C=O) groups is 1. The Balaban J connectivity index is 1.34. The van der Waals surface area contributed by atoms with Gasteiger partial charge in [-0.2, -0.15) is 10.2 Å². The van der Waals surface area contributed by atoms with E-state index < -0.39 is 0 Å². The van der Waals surface area contributed by atoms with E-state index in [1.807, 2.05) is 66.4 Å². The highest BCUT2D eigenvalue weighted by atomic mass is 79.9. The van der Waals surface area contributed by atoms with Crippen LogP contribution >= 0.6 is 27.3 Å². The van der Waals surface area contributed by atoms with Gasteiger partial charge in [0.2, 0.25) is 5.91 Å². The molecule has 5 aromatic rings. The number of fused-ring (bicyclic) bond motifs is 1. The number of anilines is 1.